The van der Waals surface area contributed by atoms with E-state index in [2.05, 4.69) is 30.2 Å². The molecule has 0 spiro atoms. The van der Waals surface area contributed by atoms with Crippen molar-refractivity contribution in [3.8, 4) is 0 Å². The SMILES string of the molecule is CC(=O)NCC1CN(c2ncnc3nc[nH]c23)CCO1. The number of hydrogen-bond donors (Lipinski definition) is 2. The van der Waals surface area contributed by atoms with Crippen LogP contribution in [0.25, 0.3) is 11.2 Å². The van der Waals surface area contributed by atoms with Crippen LogP contribution < -0.4 is 10.2 Å². The molecule has 0 radical (unpaired) electrons. The van der Waals surface area contributed by atoms with Crippen molar-refractivity contribution in [2.75, 3.05) is 31.1 Å². The molecule has 3 rings (SSSR count). The molecular formula is C12H16N6O2. The number of nitrogens with one attached hydrogen (secondary N) is 2. The summed E-state index contributed by atoms with van der Waals surface area (Å²) in [6, 6.07) is 0. The molecule has 20 heavy (non-hydrogen) atoms. The molecule has 1 fully saturated rings. The number of aromatic amines is 1. The quantitative estimate of drug-likeness (QED) is 0.798. The molecule has 0 saturated carbocycles. The van der Waals surface area contributed by atoms with Gasteiger partial charge in [-0.1, -0.05) is 0 Å². The van der Waals surface area contributed by atoms with Crippen molar-refractivity contribution in [1.29, 1.82) is 0 Å². The van der Waals surface area contributed by atoms with E-state index in [-0.39, 0.29) is 12.0 Å². The number of carbonyl (C=O) groups excluding carboxylic acids is 1. The number of amides is 1. The Kier molecular flexibility index (Phi) is 3.46. The van der Waals surface area contributed by atoms with E-state index in [0.717, 1.165) is 17.9 Å². The highest BCUT2D eigenvalue weighted by atomic mass is 16.5. The lowest BCUT2D eigenvalue weighted by atomic mass is 10.2. The summed E-state index contributed by atoms with van der Waals surface area (Å²) in [5.74, 6) is 0.771. The lowest BCUT2D eigenvalue weighted by Gasteiger charge is -2.33. The number of nitrogens with zero attached hydrogens (tertiary/aromatic N) is 4. The summed E-state index contributed by atoms with van der Waals surface area (Å²) in [7, 11) is 0. The van der Waals surface area contributed by atoms with E-state index in [1.54, 1.807) is 6.33 Å². The van der Waals surface area contributed by atoms with Gasteiger partial charge in [-0.3, -0.25) is 4.79 Å². The van der Waals surface area contributed by atoms with Gasteiger partial charge in [0.2, 0.25) is 5.91 Å². The predicted molar refractivity (Wildman–Crippen MR) is 72.3 cm³/mol. The number of rotatable bonds is 3. The Morgan fingerprint density at radius 1 is 1.55 bits per heavy atom. The molecule has 0 aliphatic carbocycles. The molecule has 1 aliphatic heterocycles. The summed E-state index contributed by atoms with van der Waals surface area (Å²) in [5.41, 5.74) is 1.48. The second kappa shape index (κ2) is 5.41. The first-order chi connectivity index (χ1) is 9.74. The monoisotopic (exact) mass is 276 g/mol. The normalized spacial score (nSPS) is 19.2. The summed E-state index contributed by atoms with van der Waals surface area (Å²) in [6.45, 7) is 4.03. The number of carbonyl (C=O) groups is 1. The topological polar surface area (TPSA) is 96.0 Å². The molecule has 1 aliphatic rings. The third-order valence-electron chi connectivity index (χ3n) is 3.22. The molecule has 1 atom stereocenters. The molecule has 2 aromatic rings. The Labute approximate surface area is 115 Å². The van der Waals surface area contributed by atoms with Gasteiger partial charge in [0.05, 0.1) is 19.0 Å². The van der Waals surface area contributed by atoms with Crippen molar-refractivity contribution in [3.05, 3.63) is 12.7 Å². The number of ether oxygens (including phenoxy) is 1. The van der Waals surface area contributed by atoms with Crippen LogP contribution in [0.4, 0.5) is 5.82 Å². The lowest BCUT2D eigenvalue weighted by Crippen LogP contribution is -2.47. The average molecular weight is 276 g/mol. The maximum absolute atomic E-state index is 11.0. The van der Waals surface area contributed by atoms with Crippen molar-refractivity contribution >= 4 is 22.9 Å². The largest absolute Gasteiger partial charge is 0.373 e. The van der Waals surface area contributed by atoms with Gasteiger partial charge in [0.15, 0.2) is 11.5 Å². The van der Waals surface area contributed by atoms with Gasteiger partial charge in [-0.15, -0.1) is 0 Å². The van der Waals surface area contributed by atoms with E-state index in [1.165, 1.54) is 13.3 Å². The van der Waals surface area contributed by atoms with Crippen molar-refractivity contribution in [3.63, 3.8) is 0 Å². The first-order valence-corrected chi connectivity index (χ1v) is 6.49. The van der Waals surface area contributed by atoms with Gasteiger partial charge in [-0.05, 0) is 0 Å². The second-order valence-corrected chi connectivity index (χ2v) is 4.67. The molecule has 1 saturated heterocycles. The summed E-state index contributed by atoms with van der Waals surface area (Å²) < 4.78 is 5.65. The number of anilines is 1. The number of aromatic nitrogens is 4. The zero-order chi connectivity index (χ0) is 13.9. The van der Waals surface area contributed by atoms with Crippen LogP contribution in [0, 0.1) is 0 Å². The van der Waals surface area contributed by atoms with E-state index in [9.17, 15) is 4.79 Å². The van der Waals surface area contributed by atoms with Crippen LogP contribution in [0.5, 0.6) is 0 Å². The highest BCUT2D eigenvalue weighted by molar-refractivity contribution is 5.82. The highest BCUT2D eigenvalue weighted by Crippen LogP contribution is 2.21. The van der Waals surface area contributed by atoms with Gasteiger partial charge in [0, 0.05) is 26.6 Å². The van der Waals surface area contributed by atoms with E-state index < -0.39 is 0 Å². The Balaban J connectivity index is 1.76. The third-order valence-corrected chi connectivity index (χ3v) is 3.22. The molecule has 1 unspecified atom stereocenters. The van der Waals surface area contributed by atoms with Gasteiger partial charge in [-0.25, -0.2) is 15.0 Å². The Hall–Kier alpha value is -2.22. The summed E-state index contributed by atoms with van der Waals surface area (Å²) in [5, 5.41) is 2.78. The molecule has 2 aromatic heterocycles. The number of hydrogen-bond acceptors (Lipinski definition) is 6. The van der Waals surface area contributed by atoms with Gasteiger partial charge in [-0.2, -0.15) is 0 Å². The molecule has 8 nitrogen and oxygen atoms in total. The van der Waals surface area contributed by atoms with E-state index in [4.69, 9.17) is 4.74 Å². The smallest absolute Gasteiger partial charge is 0.216 e. The minimum absolute atomic E-state index is 0.0411. The third kappa shape index (κ3) is 2.55. The molecule has 3 heterocycles. The van der Waals surface area contributed by atoms with Crippen LogP contribution in [0.15, 0.2) is 12.7 Å². The van der Waals surface area contributed by atoms with Crippen LogP contribution in [0.1, 0.15) is 6.92 Å². The van der Waals surface area contributed by atoms with Crippen molar-refractivity contribution in [2.24, 2.45) is 0 Å². The highest BCUT2D eigenvalue weighted by Gasteiger charge is 2.23. The number of fused-ring (bicyclic) bond motifs is 1. The number of imidazole rings is 1. The minimum Gasteiger partial charge on any atom is -0.373 e. The molecule has 106 valence electrons. The van der Waals surface area contributed by atoms with Crippen LogP contribution >= 0.6 is 0 Å². The molecular weight excluding hydrogens is 260 g/mol. The summed E-state index contributed by atoms with van der Waals surface area (Å²) >= 11 is 0. The van der Waals surface area contributed by atoms with Crippen molar-refractivity contribution in [2.45, 2.75) is 13.0 Å². The van der Waals surface area contributed by atoms with Crippen LogP contribution in [-0.2, 0) is 9.53 Å². The number of H-pyrrole nitrogens is 1. The number of morpholine rings is 1. The van der Waals surface area contributed by atoms with Crippen LogP contribution in [0.2, 0.25) is 0 Å². The van der Waals surface area contributed by atoms with E-state index in [1.807, 2.05) is 0 Å². The molecule has 8 heteroatoms. The fourth-order valence-corrected chi connectivity index (χ4v) is 2.28. The summed E-state index contributed by atoms with van der Waals surface area (Å²) in [6.07, 6.45) is 3.08. The molecule has 0 bridgehead atoms. The van der Waals surface area contributed by atoms with Gasteiger partial charge in [0.1, 0.15) is 11.8 Å². The fraction of sp³-hybridized carbons (Fsp3) is 0.500. The van der Waals surface area contributed by atoms with Crippen LogP contribution in [0.3, 0.4) is 0 Å². The van der Waals surface area contributed by atoms with Gasteiger partial charge < -0.3 is 19.9 Å². The molecule has 2 N–H and O–H groups in total. The maximum Gasteiger partial charge on any atom is 0.216 e. The lowest BCUT2D eigenvalue weighted by molar-refractivity contribution is -0.119. The van der Waals surface area contributed by atoms with Crippen molar-refractivity contribution in [1.82, 2.24) is 25.3 Å². The predicted octanol–water partition coefficient (Wildman–Crippen LogP) is -0.306. The zero-order valence-electron chi connectivity index (χ0n) is 11.2. The molecule has 0 aromatic carbocycles. The minimum atomic E-state index is -0.0521. The van der Waals surface area contributed by atoms with E-state index in [0.29, 0.717) is 25.3 Å². The molecule has 1 amide bonds. The second-order valence-electron chi connectivity index (χ2n) is 4.67. The van der Waals surface area contributed by atoms with Crippen LogP contribution in [-0.4, -0.2) is 58.2 Å². The van der Waals surface area contributed by atoms with Gasteiger partial charge >= 0.3 is 0 Å². The van der Waals surface area contributed by atoms with Crippen molar-refractivity contribution < 1.29 is 9.53 Å². The first kappa shape index (κ1) is 12.8. The Bertz CT molecular complexity index is 613. The maximum atomic E-state index is 11.0. The first-order valence-electron chi connectivity index (χ1n) is 6.49. The summed E-state index contributed by atoms with van der Waals surface area (Å²) in [4.78, 5) is 28.7. The Morgan fingerprint density at radius 2 is 2.45 bits per heavy atom. The van der Waals surface area contributed by atoms with Gasteiger partial charge in [0.25, 0.3) is 0 Å². The Morgan fingerprint density at radius 3 is 3.30 bits per heavy atom. The van der Waals surface area contributed by atoms with E-state index >= 15 is 0 Å². The average Bonchev–Trinajstić information content (AvgIpc) is 2.93. The standard InChI is InChI=1S/C12H16N6O2/c1-8(19)13-4-9-5-18(2-3-20-9)12-10-11(15-6-14-10)16-7-17-12/h6-7,9H,2-5H2,1H3,(H,13,19)(H,14,15,16,17). The fourth-order valence-electron chi connectivity index (χ4n) is 2.28. The zero-order valence-corrected chi connectivity index (χ0v) is 11.2.